The summed E-state index contributed by atoms with van der Waals surface area (Å²) in [7, 11) is 0. The molecule has 0 saturated heterocycles. The van der Waals surface area contributed by atoms with Gasteiger partial charge in [0.15, 0.2) is 0 Å². The standard InChI is InChI=1S/C45H78O6/c1-37(2)29-22-16-10-7-13-19-25-34-49-43(46)40-32-28-33-41(44(47)50-35-26-20-14-8-11-17-23-30-38(3)4)42(40)45(48)51-36-27-21-15-9-12-18-24-31-39(5)6/h28,32-33,37-39H,7-27,29-31,34-36H2,1-6H3. The zero-order valence-corrected chi connectivity index (χ0v) is 34.0. The molecule has 6 heteroatoms. The second-order valence-electron chi connectivity index (χ2n) is 16.1. The Balaban J connectivity index is 2.65. The number of carbonyl (C=O) groups is 3. The lowest BCUT2D eigenvalue weighted by Crippen LogP contribution is -2.20. The minimum atomic E-state index is -0.668. The van der Waals surface area contributed by atoms with E-state index in [0.717, 1.165) is 75.5 Å². The van der Waals surface area contributed by atoms with Crippen LogP contribution in [0, 0.1) is 17.8 Å². The van der Waals surface area contributed by atoms with E-state index in [4.69, 9.17) is 14.2 Å². The Bertz CT molecular complexity index is 971. The molecule has 51 heavy (non-hydrogen) atoms. The van der Waals surface area contributed by atoms with Gasteiger partial charge in [-0.3, -0.25) is 0 Å². The fourth-order valence-electron chi connectivity index (χ4n) is 6.45. The number of unbranched alkanes of at least 4 members (excludes halogenated alkanes) is 18. The Morgan fingerprint density at radius 3 is 0.941 bits per heavy atom. The lowest BCUT2D eigenvalue weighted by atomic mass is 10.0. The number of benzene rings is 1. The lowest BCUT2D eigenvalue weighted by molar-refractivity contribution is 0.0430. The number of ether oxygens (including phenoxy) is 3. The van der Waals surface area contributed by atoms with Crippen LogP contribution in [0.15, 0.2) is 18.2 Å². The topological polar surface area (TPSA) is 78.9 Å². The summed E-state index contributed by atoms with van der Waals surface area (Å²) in [6, 6.07) is 4.71. The molecule has 0 heterocycles. The van der Waals surface area contributed by atoms with E-state index in [0.29, 0.717) is 0 Å². The van der Waals surface area contributed by atoms with E-state index in [1.54, 1.807) is 18.2 Å². The highest BCUT2D eigenvalue weighted by atomic mass is 16.5. The quantitative estimate of drug-likeness (QED) is 0.0410. The predicted molar refractivity (Wildman–Crippen MR) is 213 cm³/mol. The molecular formula is C45H78O6. The highest BCUT2D eigenvalue weighted by molar-refractivity contribution is 6.10. The summed E-state index contributed by atoms with van der Waals surface area (Å²) >= 11 is 0. The second-order valence-corrected chi connectivity index (χ2v) is 16.1. The van der Waals surface area contributed by atoms with E-state index in [-0.39, 0.29) is 36.5 Å². The van der Waals surface area contributed by atoms with Crippen LogP contribution in [0.25, 0.3) is 0 Å². The molecule has 0 aliphatic rings. The molecule has 0 saturated carbocycles. The smallest absolute Gasteiger partial charge is 0.339 e. The molecule has 0 spiro atoms. The van der Waals surface area contributed by atoms with E-state index in [9.17, 15) is 14.4 Å². The van der Waals surface area contributed by atoms with Gasteiger partial charge in [-0.05, 0) is 49.1 Å². The predicted octanol–water partition coefficient (Wildman–Crippen LogP) is 13.5. The number of hydrogen-bond acceptors (Lipinski definition) is 6. The molecule has 0 amide bonds. The van der Waals surface area contributed by atoms with Gasteiger partial charge in [0.25, 0.3) is 0 Å². The third-order valence-electron chi connectivity index (χ3n) is 9.69. The molecular weight excluding hydrogens is 636 g/mol. The fraction of sp³-hybridized carbons (Fsp3) is 0.800. The van der Waals surface area contributed by atoms with Crippen LogP contribution in [-0.4, -0.2) is 37.7 Å². The molecule has 1 aromatic rings. The Morgan fingerprint density at radius 1 is 0.392 bits per heavy atom. The molecule has 0 aliphatic heterocycles. The number of carbonyl (C=O) groups excluding carboxylic acids is 3. The highest BCUT2D eigenvalue weighted by Gasteiger charge is 2.27. The van der Waals surface area contributed by atoms with Gasteiger partial charge in [0, 0.05) is 0 Å². The van der Waals surface area contributed by atoms with Gasteiger partial charge < -0.3 is 14.2 Å². The number of hydrogen-bond donors (Lipinski definition) is 0. The largest absolute Gasteiger partial charge is 0.462 e. The minimum Gasteiger partial charge on any atom is -0.462 e. The molecule has 0 N–H and O–H groups in total. The average Bonchev–Trinajstić information content (AvgIpc) is 3.09. The molecule has 0 fully saturated rings. The SMILES string of the molecule is CC(C)CCCCCCCCCOC(=O)c1cccc(C(=O)OCCCCCCCCCC(C)C)c1C(=O)OCCCCCCCCCC(C)C. The van der Waals surface area contributed by atoms with E-state index < -0.39 is 17.9 Å². The summed E-state index contributed by atoms with van der Waals surface area (Å²) in [5, 5.41) is 0. The third-order valence-corrected chi connectivity index (χ3v) is 9.69. The first-order chi connectivity index (χ1) is 24.6. The Hall–Kier alpha value is -2.37. The molecule has 0 aromatic heterocycles. The molecule has 1 aromatic carbocycles. The van der Waals surface area contributed by atoms with Crippen LogP contribution in [0.1, 0.15) is 227 Å². The molecule has 0 atom stereocenters. The van der Waals surface area contributed by atoms with E-state index in [1.165, 1.54) is 96.3 Å². The number of rotatable bonds is 33. The summed E-state index contributed by atoms with van der Waals surface area (Å²) in [5.41, 5.74) is 0.0948. The van der Waals surface area contributed by atoms with Gasteiger partial charge >= 0.3 is 17.9 Å². The normalized spacial score (nSPS) is 11.5. The summed E-state index contributed by atoms with van der Waals surface area (Å²) in [6.07, 6.45) is 27.5. The molecule has 0 unspecified atom stereocenters. The van der Waals surface area contributed by atoms with Gasteiger partial charge in [0.2, 0.25) is 0 Å². The van der Waals surface area contributed by atoms with Gasteiger partial charge in [-0.15, -0.1) is 0 Å². The van der Waals surface area contributed by atoms with Crippen LogP contribution in [0.5, 0.6) is 0 Å². The summed E-state index contributed by atoms with van der Waals surface area (Å²) in [5.74, 6) is 0.435. The summed E-state index contributed by atoms with van der Waals surface area (Å²) in [4.78, 5) is 39.9. The van der Waals surface area contributed by atoms with Crippen molar-refractivity contribution < 1.29 is 28.6 Å². The molecule has 0 radical (unpaired) electrons. The van der Waals surface area contributed by atoms with Crippen LogP contribution in [0.2, 0.25) is 0 Å². The number of esters is 3. The molecule has 0 aliphatic carbocycles. The fourth-order valence-corrected chi connectivity index (χ4v) is 6.45. The van der Waals surface area contributed by atoms with Crippen molar-refractivity contribution in [3.63, 3.8) is 0 Å². The summed E-state index contributed by atoms with van der Waals surface area (Å²) in [6.45, 7) is 14.4. The van der Waals surface area contributed by atoms with Crippen LogP contribution in [0.3, 0.4) is 0 Å². The van der Waals surface area contributed by atoms with Crippen molar-refractivity contribution in [1.29, 1.82) is 0 Å². The highest BCUT2D eigenvalue weighted by Crippen LogP contribution is 2.21. The van der Waals surface area contributed by atoms with Crippen LogP contribution in [-0.2, 0) is 14.2 Å². The third kappa shape index (κ3) is 25.3. The maximum absolute atomic E-state index is 13.4. The van der Waals surface area contributed by atoms with Crippen molar-refractivity contribution in [2.24, 2.45) is 17.8 Å². The molecule has 0 bridgehead atoms. The molecule has 294 valence electrons. The minimum absolute atomic E-state index is 0.0413. The van der Waals surface area contributed by atoms with Crippen LogP contribution in [0.4, 0.5) is 0 Å². The van der Waals surface area contributed by atoms with Gasteiger partial charge in [-0.25, -0.2) is 14.4 Å². The first-order valence-corrected chi connectivity index (χ1v) is 21.3. The van der Waals surface area contributed by atoms with Crippen LogP contribution >= 0.6 is 0 Å². The van der Waals surface area contributed by atoms with Gasteiger partial charge in [-0.2, -0.15) is 0 Å². The van der Waals surface area contributed by atoms with Gasteiger partial charge in [-0.1, -0.05) is 182 Å². The monoisotopic (exact) mass is 715 g/mol. The van der Waals surface area contributed by atoms with E-state index >= 15 is 0 Å². The van der Waals surface area contributed by atoms with Crippen molar-refractivity contribution >= 4 is 17.9 Å². The van der Waals surface area contributed by atoms with Crippen molar-refractivity contribution in [1.82, 2.24) is 0 Å². The molecule has 6 nitrogen and oxygen atoms in total. The van der Waals surface area contributed by atoms with Gasteiger partial charge in [0.05, 0.1) is 36.5 Å². The maximum Gasteiger partial charge on any atom is 0.339 e. The molecule has 1 rings (SSSR count). The van der Waals surface area contributed by atoms with Crippen molar-refractivity contribution in [3.8, 4) is 0 Å². The average molecular weight is 715 g/mol. The van der Waals surface area contributed by atoms with Gasteiger partial charge in [0.1, 0.15) is 0 Å². The first-order valence-electron chi connectivity index (χ1n) is 21.3. The maximum atomic E-state index is 13.4. The van der Waals surface area contributed by atoms with E-state index in [1.807, 2.05) is 0 Å². The van der Waals surface area contributed by atoms with Crippen molar-refractivity contribution in [3.05, 3.63) is 34.9 Å². The zero-order valence-electron chi connectivity index (χ0n) is 34.0. The van der Waals surface area contributed by atoms with E-state index in [2.05, 4.69) is 41.5 Å². The Kier molecular flexibility index (Phi) is 28.5. The van der Waals surface area contributed by atoms with Crippen molar-refractivity contribution in [2.45, 2.75) is 196 Å². The van der Waals surface area contributed by atoms with Crippen molar-refractivity contribution in [2.75, 3.05) is 19.8 Å². The Labute approximate surface area is 313 Å². The zero-order chi connectivity index (χ0) is 37.5. The lowest BCUT2D eigenvalue weighted by Gasteiger charge is -2.14. The second kappa shape index (κ2) is 31.2. The summed E-state index contributed by atoms with van der Waals surface area (Å²) < 4.78 is 16.9. The van der Waals surface area contributed by atoms with Crippen LogP contribution < -0.4 is 0 Å². The first kappa shape index (κ1) is 46.7. The Morgan fingerprint density at radius 2 is 0.647 bits per heavy atom.